The quantitative estimate of drug-likeness (QED) is 0.800. The lowest BCUT2D eigenvalue weighted by molar-refractivity contribution is 0.111. The van der Waals surface area contributed by atoms with Crippen LogP contribution in [-0.2, 0) is 16.6 Å². The SMILES string of the molecule is CCn1cnc(S(=O)(=O)NC(C)(C)C(C)O)c1. The zero-order valence-corrected chi connectivity index (χ0v) is 11.3. The lowest BCUT2D eigenvalue weighted by Crippen LogP contribution is -2.50. The molecule has 0 saturated heterocycles. The van der Waals surface area contributed by atoms with Crippen molar-refractivity contribution < 1.29 is 13.5 Å². The summed E-state index contributed by atoms with van der Waals surface area (Å²) in [4.78, 5) is 3.83. The van der Waals surface area contributed by atoms with Gasteiger partial charge in [-0.3, -0.25) is 0 Å². The maximum absolute atomic E-state index is 12.0. The Morgan fingerprint density at radius 3 is 2.59 bits per heavy atom. The third-order valence-electron chi connectivity index (χ3n) is 2.69. The molecular formula is C10H19N3O3S. The van der Waals surface area contributed by atoms with Gasteiger partial charge < -0.3 is 9.67 Å². The fraction of sp³-hybridized carbons (Fsp3) is 0.700. The molecule has 0 spiro atoms. The maximum atomic E-state index is 12.0. The van der Waals surface area contributed by atoms with Gasteiger partial charge in [0.2, 0.25) is 0 Å². The molecule has 1 unspecified atom stereocenters. The fourth-order valence-corrected chi connectivity index (χ4v) is 2.56. The number of hydrogen-bond acceptors (Lipinski definition) is 4. The second-order valence-electron chi connectivity index (χ2n) is 4.55. The molecule has 0 fully saturated rings. The van der Waals surface area contributed by atoms with E-state index in [9.17, 15) is 13.5 Å². The predicted molar refractivity (Wildman–Crippen MR) is 64.0 cm³/mol. The molecule has 0 radical (unpaired) electrons. The molecule has 0 bridgehead atoms. The van der Waals surface area contributed by atoms with E-state index in [1.54, 1.807) is 18.4 Å². The monoisotopic (exact) mass is 261 g/mol. The number of rotatable bonds is 5. The van der Waals surface area contributed by atoms with E-state index in [0.717, 1.165) is 0 Å². The predicted octanol–water partition coefficient (Wildman–Crippen LogP) is 0.341. The van der Waals surface area contributed by atoms with Gasteiger partial charge in [0, 0.05) is 12.7 Å². The molecule has 17 heavy (non-hydrogen) atoms. The highest BCUT2D eigenvalue weighted by molar-refractivity contribution is 7.89. The first-order valence-electron chi connectivity index (χ1n) is 5.43. The van der Waals surface area contributed by atoms with Crippen molar-refractivity contribution in [3.05, 3.63) is 12.5 Å². The molecule has 1 aromatic heterocycles. The Labute approximate surface area is 102 Å². The lowest BCUT2D eigenvalue weighted by atomic mass is 10.0. The topological polar surface area (TPSA) is 84.2 Å². The molecule has 0 aliphatic carbocycles. The van der Waals surface area contributed by atoms with Crippen LogP contribution in [-0.4, -0.2) is 34.7 Å². The van der Waals surface area contributed by atoms with Crippen molar-refractivity contribution in [3.8, 4) is 0 Å². The number of aliphatic hydroxyl groups is 1. The zero-order chi connectivity index (χ0) is 13.3. The number of aliphatic hydroxyl groups excluding tert-OH is 1. The van der Waals surface area contributed by atoms with E-state index >= 15 is 0 Å². The molecule has 0 aliphatic heterocycles. The maximum Gasteiger partial charge on any atom is 0.260 e. The Bertz CT molecular complexity index is 477. The number of sulfonamides is 1. The van der Waals surface area contributed by atoms with Crippen LogP contribution in [0.25, 0.3) is 0 Å². The first-order valence-corrected chi connectivity index (χ1v) is 6.91. The first-order chi connectivity index (χ1) is 7.69. The molecule has 1 atom stereocenters. The zero-order valence-electron chi connectivity index (χ0n) is 10.5. The average molecular weight is 261 g/mol. The first kappa shape index (κ1) is 14.1. The van der Waals surface area contributed by atoms with Crippen molar-refractivity contribution in [2.24, 2.45) is 0 Å². The number of aryl methyl sites for hydroxylation is 1. The normalized spacial score (nSPS) is 14.9. The third-order valence-corrected chi connectivity index (χ3v) is 4.25. The highest BCUT2D eigenvalue weighted by Crippen LogP contribution is 2.14. The van der Waals surface area contributed by atoms with Crippen LogP contribution in [0.4, 0.5) is 0 Å². The van der Waals surface area contributed by atoms with Gasteiger partial charge >= 0.3 is 0 Å². The smallest absolute Gasteiger partial charge is 0.260 e. The van der Waals surface area contributed by atoms with E-state index in [0.29, 0.717) is 6.54 Å². The Balaban J connectivity index is 2.97. The molecule has 2 N–H and O–H groups in total. The van der Waals surface area contributed by atoms with E-state index in [1.807, 2.05) is 6.92 Å². The Kier molecular flexibility index (Phi) is 3.95. The second kappa shape index (κ2) is 4.75. The molecule has 0 aliphatic rings. The van der Waals surface area contributed by atoms with Crippen LogP contribution >= 0.6 is 0 Å². The number of imidazole rings is 1. The van der Waals surface area contributed by atoms with Gasteiger partial charge in [-0.15, -0.1) is 0 Å². The summed E-state index contributed by atoms with van der Waals surface area (Å²) in [5.41, 5.74) is -0.936. The minimum atomic E-state index is -3.69. The number of nitrogens with zero attached hydrogens (tertiary/aromatic N) is 2. The number of hydrogen-bond donors (Lipinski definition) is 2. The van der Waals surface area contributed by atoms with Crippen molar-refractivity contribution in [1.29, 1.82) is 0 Å². The number of nitrogens with one attached hydrogen (secondary N) is 1. The van der Waals surface area contributed by atoms with E-state index in [-0.39, 0.29) is 5.03 Å². The second-order valence-corrected chi connectivity index (χ2v) is 6.17. The van der Waals surface area contributed by atoms with Crippen LogP contribution < -0.4 is 4.72 Å². The molecule has 98 valence electrons. The van der Waals surface area contributed by atoms with Gasteiger partial charge in [0.15, 0.2) is 5.03 Å². The third kappa shape index (κ3) is 3.27. The summed E-state index contributed by atoms with van der Waals surface area (Å²) >= 11 is 0. The molecule has 0 aromatic carbocycles. The summed E-state index contributed by atoms with van der Waals surface area (Å²) in [6, 6.07) is 0. The minimum absolute atomic E-state index is 0.0342. The summed E-state index contributed by atoms with van der Waals surface area (Å²) in [5.74, 6) is 0. The van der Waals surface area contributed by atoms with Gasteiger partial charge in [0.1, 0.15) is 0 Å². The van der Waals surface area contributed by atoms with Crippen molar-refractivity contribution in [2.45, 2.75) is 50.9 Å². The van der Waals surface area contributed by atoms with Gasteiger partial charge in [0.05, 0.1) is 18.0 Å². The van der Waals surface area contributed by atoms with Crippen molar-refractivity contribution in [2.75, 3.05) is 0 Å². The minimum Gasteiger partial charge on any atom is -0.391 e. The van der Waals surface area contributed by atoms with Crippen LogP contribution in [0.3, 0.4) is 0 Å². The molecule has 0 amide bonds. The van der Waals surface area contributed by atoms with E-state index in [1.165, 1.54) is 19.4 Å². The summed E-state index contributed by atoms with van der Waals surface area (Å²) in [6.45, 7) is 7.32. The summed E-state index contributed by atoms with van der Waals surface area (Å²) in [6.07, 6.45) is 2.12. The average Bonchev–Trinajstić information content (AvgIpc) is 2.64. The van der Waals surface area contributed by atoms with Crippen LogP contribution in [0.1, 0.15) is 27.7 Å². The van der Waals surface area contributed by atoms with E-state index in [4.69, 9.17) is 0 Å². The summed E-state index contributed by atoms with van der Waals surface area (Å²) in [5, 5.41) is 9.46. The molecule has 7 heteroatoms. The van der Waals surface area contributed by atoms with Crippen LogP contribution in [0.2, 0.25) is 0 Å². The molecule has 1 heterocycles. The van der Waals surface area contributed by atoms with Gasteiger partial charge in [0.25, 0.3) is 10.0 Å². The van der Waals surface area contributed by atoms with Crippen LogP contribution in [0.15, 0.2) is 17.6 Å². The molecule has 6 nitrogen and oxygen atoms in total. The standard InChI is InChI=1S/C10H19N3O3S/c1-5-13-6-9(11-7-13)17(15,16)12-10(3,4)8(2)14/h6-8,12,14H,5H2,1-4H3. The van der Waals surface area contributed by atoms with Crippen LogP contribution in [0, 0.1) is 0 Å². The van der Waals surface area contributed by atoms with Crippen LogP contribution in [0.5, 0.6) is 0 Å². The highest BCUT2D eigenvalue weighted by Gasteiger charge is 2.31. The van der Waals surface area contributed by atoms with Gasteiger partial charge in [-0.25, -0.2) is 18.1 Å². The Hall–Kier alpha value is -0.920. The molecular weight excluding hydrogens is 242 g/mol. The molecule has 0 saturated carbocycles. The largest absolute Gasteiger partial charge is 0.391 e. The van der Waals surface area contributed by atoms with E-state index in [2.05, 4.69) is 9.71 Å². The fourth-order valence-electron chi connectivity index (χ4n) is 1.14. The van der Waals surface area contributed by atoms with Crippen molar-refractivity contribution >= 4 is 10.0 Å². The van der Waals surface area contributed by atoms with Gasteiger partial charge in [-0.2, -0.15) is 0 Å². The summed E-state index contributed by atoms with van der Waals surface area (Å²) in [7, 11) is -3.69. The van der Waals surface area contributed by atoms with Crippen molar-refractivity contribution in [1.82, 2.24) is 14.3 Å². The highest BCUT2D eigenvalue weighted by atomic mass is 32.2. The summed E-state index contributed by atoms with van der Waals surface area (Å²) < 4.78 is 28.1. The molecule has 1 aromatic rings. The van der Waals surface area contributed by atoms with Gasteiger partial charge in [-0.1, -0.05) is 0 Å². The van der Waals surface area contributed by atoms with E-state index < -0.39 is 21.7 Å². The Morgan fingerprint density at radius 1 is 1.59 bits per heavy atom. The molecule has 1 rings (SSSR count). The lowest BCUT2D eigenvalue weighted by Gasteiger charge is -2.28. The number of aromatic nitrogens is 2. The Morgan fingerprint density at radius 2 is 2.18 bits per heavy atom. The van der Waals surface area contributed by atoms with Crippen molar-refractivity contribution in [3.63, 3.8) is 0 Å². The van der Waals surface area contributed by atoms with Gasteiger partial charge in [-0.05, 0) is 27.7 Å².